The minimum absolute atomic E-state index is 0. The summed E-state index contributed by atoms with van der Waals surface area (Å²) in [6.45, 7) is 0. The molecule has 0 bridgehead atoms. The molecule has 0 fully saturated rings. The van der Waals surface area contributed by atoms with E-state index in [2.05, 4.69) is 87.0 Å². The van der Waals surface area contributed by atoms with Gasteiger partial charge in [0, 0.05) is 49.2 Å². The number of hydrogen-bond donors (Lipinski definition) is 0. The second-order valence-corrected chi connectivity index (χ2v) is 10.9. The molecule has 5 heterocycles. The molecule has 9 heteroatoms. The standard InChI is InChI=1S/C37H24N8.Pt/c1-42-33-11-5-3-9-31(33)41-37(42)26-12-15-29-28-8-2-4-10-32(28)45(35(29)23-26)36-22-25(13-17-34(36)44-21-7-19-40-44)30-16-14-27(24-38-30)43-20-6-18-39-43;/h2-21,24H,1H3;/q-2;+2. The number of rotatable bonds is 5. The number of imidazole rings is 1. The van der Waals surface area contributed by atoms with Crippen LogP contribution < -0.4 is 0 Å². The molecule has 222 valence electrons. The van der Waals surface area contributed by atoms with E-state index in [1.54, 1.807) is 17.1 Å². The number of benzene rings is 4. The Morgan fingerprint density at radius 2 is 1.41 bits per heavy atom. The van der Waals surface area contributed by atoms with Gasteiger partial charge >= 0.3 is 21.1 Å². The van der Waals surface area contributed by atoms with Crippen molar-refractivity contribution in [3.8, 4) is 39.7 Å². The van der Waals surface area contributed by atoms with E-state index in [-0.39, 0.29) is 21.1 Å². The zero-order valence-corrected chi connectivity index (χ0v) is 26.8. The van der Waals surface area contributed by atoms with Crippen LogP contribution in [0.25, 0.3) is 72.5 Å². The molecule has 0 aliphatic rings. The maximum Gasteiger partial charge on any atom is 2.00 e. The Morgan fingerprint density at radius 1 is 0.652 bits per heavy atom. The van der Waals surface area contributed by atoms with E-state index in [1.807, 2.05) is 71.8 Å². The van der Waals surface area contributed by atoms with Gasteiger partial charge in [0.2, 0.25) is 0 Å². The van der Waals surface area contributed by atoms with Gasteiger partial charge in [-0.1, -0.05) is 41.8 Å². The summed E-state index contributed by atoms with van der Waals surface area (Å²) in [5.74, 6) is 0.862. The van der Waals surface area contributed by atoms with Crippen LogP contribution in [0.3, 0.4) is 0 Å². The van der Waals surface area contributed by atoms with Crippen molar-refractivity contribution >= 4 is 32.8 Å². The molecule has 0 spiro atoms. The summed E-state index contributed by atoms with van der Waals surface area (Å²) in [5.41, 5.74) is 9.24. The molecular weight excluding hydrogens is 752 g/mol. The molecule has 0 radical (unpaired) electrons. The maximum atomic E-state index is 4.97. The molecule has 4 aromatic carbocycles. The number of para-hydroxylation sites is 3. The van der Waals surface area contributed by atoms with E-state index in [9.17, 15) is 0 Å². The maximum absolute atomic E-state index is 4.97. The summed E-state index contributed by atoms with van der Waals surface area (Å²) in [7, 11) is 2.05. The summed E-state index contributed by atoms with van der Waals surface area (Å²) < 4.78 is 8.03. The SMILES string of the molecule is Cn1c(-c2[c-]c3c(cc2)c2ccccc2n3-c2[c-]c(-c3ccc(-n4cccn4)cn3)ccc2-n2cccn2)nc2ccccc21.[Pt+2]. The zero-order chi connectivity index (χ0) is 29.9. The average molecular weight is 776 g/mol. The molecule has 0 N–H and O–H groups in total. The van der Waals surface area contributed by atoms with Crippen molar-refractivity contribution in [3.63, 3.8) is 0 Å². The predicted molar refractivity (Wildman–Crippen MR) is 176 cm³/mol. The van der Waals surface area contributed by atoms with Gasteiger partial charge in [0.05, 0.1) is 22.5 Å². The number of pyridine rings is 1. The fraction of sp³-hybridized carbons (Fsp3) is 0.0270. The molecule has 46 heavy (non-hydrogen) atoms. The molecule has 0 unspecified atom stereocenters. The molecule has 0 saturated carbocycles. The fourth-order valence-corrected chi connectivity index (χ4v) is 6.13. The average Bonchev–Trinajstić information content (AvgIpc) is 3.91. The minimum atomic E-state index is 0. The third kappa shape index (κ3) is 4.41. The number of aromatic nitrogens is 8. The monoisotopic (exact) mass is 775 g/mol. The van der Waals surface area contributed by atoms with Gasteiger partial charge in [-0.15, -0.1) is 47.5 Å². The van der Waals surface area contributed by atoms with E-state index in [1.165, 1.54) is 0 Å². The quantitative estimate of drug-likeness (QED) is 0.171. The van der Waals surface area contributed by atoms with Crippen molar-refractivity contribution in [3.05, 3.63) is 140 Å². The molecule has 0 saturated heterocycles. The fourth-order valence-electron chi connectivity index (χ4n) is 6.13. The van der Waals surface area contributed by atoms with E-state index in [4.69, 9.17) is 9.97 Å². The van der Waals surface area contributed by atoms with Gasteiger partial charge in [-0.25, -0.2) is 4.68 Å². The van der Waals surface area contributed by atoms with Crippen molar-refractivity contribution in [2.24, 2.45) is 7.05 Å². The normalized spacial score (nSPS) is 11.4. The number of fused-ring (bicyclic) bond motifs is 4. The van der Waals surface area contributed by atoms with Crippen LogP contribution in [0.4, 0.5) is 0 Å². The first kappa shape index (κ1) is 27.9. The Labute approximate surface area is 278 Å². The topological polar surface area (TPSA) is 71.3 Å². The Bertz CT molecular complexity index is 2490. The van der Waals surface area contributed by atoms with E-state index >= 15 is 0 Å². The van der Waals surface area contributed by atoms with Crippen LogP contribution in [-0.4, -0.2) is 38.7 Å². The molecular formula is C37H24N8Pt. The van der Waals surface area contributed by atoms with Crippen molar-refractivity contribution in [2.75, 3.05) is 0 Å². The number of hydrogen-bond acceptors (Lipinski definition) is 4. The van der Waals surface area contributed by atoms with Crippen LogP contribution in [0.1, 0.15) is 0 Å². The van der Waals surface area contributed by atoms with Crippen LogP contribution in [-0.2, 0) is 28.1 Å². The van der Waals surface area contributed by atoms with Crippen molar-refractivity contribution in [1.29, 1.82) is 0 Å². The largest absolute Gasteiger partial charge is 2.00 e. The second kappa shape index (κ2) is 11.1. The van der Waals surface area contributed by atoms with Gasteiger partial charge in [0.15, 0.2) is 0 Å². The second-order valence-electron chi connectivity index (χ2n) is 10.9. The Kier molecular flexibility index (Phi) is 6.73. The molecule has 0 aliphatic heterocycles. The van der Waals surface area contributed by atoms with Gasteiger partial charge < -0.3 is 14.1 Å². The minimum Gasteiger partial charge on any atom is -0.367 e. The first-order valence-electron chi connectivity index (χ1n) is 14.6. The molecule has 0 aliphatic carbocycles. The molecule has 0 atom stereocenters. The van der Waals surface area contributed by atoms with Crippen LogP contribution in [0, 0.1) is 12.1 Å². The van der Waals surface area contributed by atoms with Crippen molar-refractivity contribution in [2.45, 2.75) is 0 Å². The first-order chi connectivity index (χ1) is 22.2. The third-order valence-electron chi connectivity index (χ3n) is 8.28. The Hall–Kier alpha value is -5.59. The van der Waals surface area contributed by atoms with Gasteiger partial charge in [-0.2, -0.15) is 10.2 Å². The first-order valence-corrected chi connectivity index (χ1v) is 14.6. The number of aryl methyl sites for hydroxylation is 1. The van der Waals surface area contributed by atoms with Crippen LogP contribution in [0.2, 0.25) is 0 Å². The summed E-state index contributed by atoms with van der Waals surface area (Å²) in [6, 6.07) is 40.4. The van der Waals surface area contributed by atoms with Crippen LogP contribution >= 0.6 is 0 Å². The molecule has 8 nitrogen and oxygen atoms in total. The molecule has 9 rings (SSSR count). The van der Waals surface area contributed by atoms with E-state index in [0.717, 1.165) is 72.5 Å². The van der Waals surface area contributed by atoms with Crippen LogP contribution in [0.5, 0.6) is 0 Å². The molecule has 0 amide bonds. The molecule has 5 aromatic heterocycles. The van der Waals surface area contributed by atoms with Gasteiger partial charge in [0.25, 0.3) is 0 Å². The van der Waals surface area contributed by atoms with Gasteiger partial charge in [-0.05, 0) is 58.7 Å². The van der Waals surface area contributed by atoms with Crippen LogP contribution in [0.15, 0.2) is 128 Å². The third-order valence-corrected chi connectivity index (χ3v) is 8.28. The Morgan fingerprint density at radius 3 is 2.17 bits per heavy atom. The summed E-state index contributed by atoms with van der Waals surface area (Å²) in [4.78, 5) is 9.76. The van der Waals surface area contributed by atoms with Crippen molar-refractivity contribution in [1.82, 2.24) is 38.7 Å². The summed E-state index contributed by atoms with van der Waals surface area (Å²) in [5, 5.41) is 11.2. The summed E-state index contributed by atoms with van der Waals surface area (Å²) in [6.07, 6.45) is 9.22. The smallest absolute Gasteiger partial charge is 0.367 e. The van der Waals surface area contributed by atoms with Gasteiger partial charge in [-0.3, -0.25) is 9.67 Å². The summed E-state index contributed by atoms with van der Waals surface area (Å²) >= 11 is 0. The molecule has 9 aromatic rings. The predicted octanol–water partition coefficient (Wildman–Crippen LogP) is 7.37. The van der Waals surface area contributed by atoms with E-state index in [0.29, 0.717) is 0 Å². The van der Waals surface area contributed by atoms with Gasteiger partial charge in [0.1, 0.15) is 0 Å². The zero-order valence-electron chi connectivity index (χ0n) is 24.5. The van der Waals surface area contributed by atoms with E-state index < -0.39 is 0 Å². The van der Waals surface area contributed by atoms with Crippen molar-refractivity contribution < 1.29 is 21.1 Å². The Balaban J connectivity index is 0.00000312. The number of nitrogens with zero attached hydrogens (tertiary/aromatic N) is 8.